The van der Waals surface area contributed by atoms with Crippen molar-refractivity contribution in [2.75, 3.05) is 13.1 Å². The van der Waals surface area contributed by atoms with E-state index >= 15 is 0 Å². The van der Waals surface area contributed by atoms with Crippen LogP contribution < -0.4 is 5.73 Å². The summed E-state index contributed by atoms with van der Waals surface area (Å²) >= 11 is 0. The molecule has 1 heterocycles. The number of benzene rings is 1. The lowest BCUT2D eigenvalue weighted by molar-refractivity contribution is 0.188. The molecule has 1 aromatic carbocycles. The van der Waals surface area contributed by atoms with Gasteiger partial charge in [0, 0.05) is 12.1 Å². The Bertz CT molecular complexity index is 412. The number of nitrogens with zero attached hydrogens (tertiary/aromatic N) is 1. The van der Waals surface area contributed by atoms with Crippen LogP contribution in [0.5, 0.6) is 0 Å². The Labute approximate surface area is 130 Å². The van der Waals surface area contributed by atoms with Gasteiger partial charge in [-0.05, 0) is 62.7 Å². The van der Waals surface area contributed by atoms with E-state index in [1.165, 1.54) is 49.9 Å². The summed E-state index contributed by atoms with van der Waals surface area (Å²) < 4.78 is 0. The molecule has 2 heteroatoms. The van der Waals surface area contributed by atoms with Gasteiger partial charge in [0.25, 0.3) is 0 Å². The van der Waals surface area contributed by atoms with Crippen molar-refractivity contribution >= 4 is 0 Å². The Balaban J connectivity index is 1.98. The molecule has 0 aliphatic carbocycles. The molecule has 2 rings (SSSR count). The molecule has 1 aliphatic heterocycles. The third-order valence-electron chi connectivity index (χ3n) is 5.33. The summed E-state index contributed by atoms with van der Waals surface area (Å²) in [4.78, 5) is 2.61. The molecule has 21 heavy (non-hydrogen) atoms. The standard InChI is InChI=1S/C19H32N2/c1-4-16-7-6-13-21(14-12-16)15(3)19(20)18-10-8-17(5-2)9-11-18/h8-11,15-16,19H,4-7,12-14,20H2,1-3H3. The Hall–Kier alpha value is -0.860. The molecule has 0 aromatic heterocycles. The number of rotatable bonds is 5. The second-order valence-corrected chi connectivity index (χ2v) is 6.60. The molecule has 3 unspecified atom stereocenters. The molecule has 118 valence electrons. The first-order valence-electron chi connectivity index (χ1n) is 8.74. The minimum absolute atomic E-state index is 0.120. The maximum Gasteiger partial charge on any atom is 0.0450 e. The maximum absolute atomic E-state index is 6.54. The van der Waals surface area contributed by atoms with Crippen molar-refractivity contribution in [2.45, 2.75) is 65.0 Å². The largest absolute Gasteiger partial charge is 0.323 e. The molecule has 2 nitrogen and oxygen atoms in total. The number of aryl methyl sites for hydroxylation is 1. The third-order valence-corrected chi connectivity index (χ3v) is 5.33. The van der Waals surface area contributed by atoms with Gasteiger partial charge in [0.1, 0.15) is 0 Å². The zero-order valence-electron chi connectivity index (χ0n) is 14.0. The molecule has 0 spiro atoms. The van der Waals surface area contributed by atoms with Gasteiger partial charge in [0.15, 0.2) is 0 Å². The highest BCUT2D eigenvalue weighted by Crippen LogP contribution is 2.25. The Kier molecular flexibility index (Phi) is 6.25. The van der Waals surface area contributed by atoms with Crippen LogP contribution >= 0.6 is 0 Å². The van der Waals surface area contributed by atoms with Crippen LogP contribution in [0.1, 0.15) is 63.6 Å². The van der Waals surface area contributed by atoms with Gasteiger partial charge in [-0.25, -0.2) is 0 Å². The molecule has 1 saturated heterocycles. The lowest BCUT2D eigenvalue weighted by Gasteiger charge is -2.32. The molecule has 2 N–H and O–H groups in total. The van der Waals surface area contributed by atoms with Gasteiger partial charge in [-0.2, -0.15) is 0 Å². The van der Waals surface area contributed by atoms with Gasteiger partial charge >= 0.3 is 0 Å². The molecule has 0 saturated carbocycles. The smallest absolute Gasteiger partial charge is 0.0450 e. The van der Waals surface area contributed by atoms with Gasteiger partial charge in [-0.15, -0.1) is 0 Å². The van der Waals surface area contributed by atoms with Gasteiger partial charge in [-0.1, -0.05) is 44.5 Å². The SMILES string of the molecule is CCc1ccc(C(N)C(C)N2CCCC(CC)CC2)cc1. The first kappa shape index (κ1) is 16.5. The molecular weight excluding hydrogens is 256 g/mol. The molecule has 0 radical (unpaired) electrons. The average molecular weight is 288 g/mol. The van der Waals surface area contributed by atoms with Crippen molar-refractivity contribution in [1.29, 1.82) is 0 Å². The normalized spacial score (nSPS) is 23.5. The minimum Gasteiger partial charge on any atom is -0.323 e. The van der Waals surface area contributed by atoms with E-state index < -0.39 is 0 Å². The number of hydrogen-bond acceptors (Lipinski definition) is 2. The summed E-state index contributed by atoms with van der Waals surface area (Å²) in [6, 6.07) is 9.41. The molecule has 1 aliphatic rings. The number of hydrogen-bond donors (Lipinski definition) is 1. The molecule has 3 atom stereocenters. The van der Waals surface area contributed by atoms with Crippen molar-refractivity contribution in [2.24, 2.45) is 11.7 Å². The topological polar surface area (TPSA) is 29.3 Å². The van der Waals surface area contributed by atoms with Crippen molar-refractivity contribution < 1.29 is 0 Å². The Morgan fingerprint density at radius 1 is 1.14 bits per heavy atom. The van der Waals surface area contributed by atoms with E-state index in [-0.39, 0.29) is 6.04 Å². The summed E-state index contributed by atoms with van der Waals surface area (Å²) in [6.07, 6.45) is 6.47. The van der Waals surface area contributed by atoms with Crippen LogP contribution in [-0.4, -0.2) is 24.0 Å². The fraction of sp³-hybridized carbons (Fsp3) is 0.684. The zero-order valence-corrected chi connectivity index (χ0v) is 14.0. The van der Waals surface area contributed by atoms with Crippen LogP contribution in [0.15, 0.2) is 24.3 Å². The molecule has 1 aromatic rings. The van der Waals surface area contributed by atoms with Crippen molar-refractivity contribution in [1.82, 2.24) is 4.90 Å². The molecule has 0 amide bonds. The first-order valence-corrected chi connectivity index (χ1v) is 8.74. The van der Waals surface area contributed by atoms with E-state index in [4.69, 9.17) is 5.73 Å². The van der Waals surface area contributed by atoms with E-state index in [1.807, 2.05) is 0 Å². The Morgan fingerprint density at radius 3 is 2.48 bits per heavy atom. The fourth-order valence-corrected chi connectivity index (χ4v) is 3.48. The lowest BCUT2D eigenvalue weighted by atomic mass is 9.97. The molecule has 0 bridgehead atoms. The van der Waals surface area contributed by atoms with E-state index in [0.717, 1.165) is 12.3 Å². The summed E-state index contributed by atoms with van der Waals surface area (Å²) in [5.41, 5.74) is 9.20. The van der Waals surface area contributed by atoms with Gasteiger partial charge < -0.3 is 5.73 Å². The van der Waals surface area contributed by atoms with Crippen molar-refractivity contribution in [3.05, 3.63) is 35.4 Å². The quantitative estimate of drug-likeness (QED) is 0.882. The Morgan fingerprint density at radius 2 is 1.86 bits per heavy atom. The van der Waals surface area contributed by atoms with Crippen LogP contribution in [0.25, 0.3) is 0 Å². The van der Waals surface area contributed by atoms with Crippen LogP contribution in [0.3, 0.4) is 0 Å². The predicted molar refractivity (Wildman–Crippen MR) is 91.4 cm³/mol. The van der Waals surface area contributed by atoms with E-state index in [2.05, 4.69) is 49.9 Å². The summed E-state index contributed by atoms with van der Waals surface area (Å²) in [6.45, 7) is 9.23. The van der Waals surface area contributed by atoms with Gasteiger partial charge in [-0.3, -0.25) is 4.90 Å². The number of nitrogens with two attached hydrogens (primary N) is 1. The highest BCUT2D eigenvalue weighted by molar-refractivity contribution is 5.25. The molecular formula is C19H32N2. The van der Waals surface area contributed by atoms with Crippen molar-refractivity contribution in [3.8, 4) is 0 Å². The van der Waals surface area contributed by atoms with Crippen LogP contribution in [0.4, 0.5) is 0 Å². The fourth-order valence-electron chi connectivity index (χ4n) is 3.48. The summed E-state index contributed by atoms with van der Waals surface area (Å²) in [5, 5.41) is 0. The highest BCUT2D eigenvalue weighted by Gasteiger charge is 2.24. The van der Waals surface area contributed by atoms with Gasteiger partial charge in [0.05, 0.1) is 0 Å². The van der Waals surface area contributed by atoms with E-state index in [1.54, 1.807) is 0 Å². The highest BCUT2D eigenvalue weighted by atomic mass is 15.2. The monoisotopic (exact) mass is 288 g/mol. The van der Waals surface area contributed by atoms with Crippen LogP contribution in [0.2, 0.25) is 0 Å². The minimum atomic E-state index is 0.120. The van der Waals surface area contributed by atoms with Crippen LogP contribution in [0, 0.1) is 5.92 Å². The second-order valence-electron chi connectivity index (χ2n) is 6.60. The lowest BCUT2D eigenvalue weighted by Crippen LogP contribution is -2.41. The predicted octanol–water partition coefficient (Wildman–Crippen LogP) is 4.15. The maximum atomic E-state index is 6.54. The second kappa shape index (κ2) is 7.95. The van der Waals surface area contributed by atoms with Crippen molar-refractivity contribution in [3.63, 3.8) is 0 Å². The van der Waals surface area contributed by atoms with E-state index in [9.17, 15) is 0 Å². The van der Waals surface area contributed by atoms with Gasteiger partial charge in [0.2, 0.25) is 0 Å². The number of likely N-dealkylation sites (tertiary alicyclic amines) is 1. The average Bonchev–Trinajstić information content (AvgIpc) is 2.79. The summed E-state index contributed by atoms with van der Waals surface area (Å²) in [7, 11) is 0. The zero-order chi connectivity index (χ0) is 15.2. The first-order chi connectivity index (χ1) is 10.2. The summed E-state index contributed by atoms with van der Waals surface area (Å²) in [5.74, 6) is 0.919. The molecule has 1 fully saturated rings. The van der Waals surface area contributed by atoms with E-state index in [0.29, 0.717) is 6.04 Å². The van der Waals surface area contributed by atoms with Crippen LogP contribution in [-0.2, 0) is 6.42 Å². The third kappa shape index (κ3) is 4.31.